The fraction of sp³-hybridized carbons (Fsp3) is 0.333. The van der Waals surface area contributed by atoms with Crippen LogP contribution in [0.3, 0.4) is 0 Å². The Kier molecular flexibility index (Phi) is 3.41. The Morgan fingerprint density at radius 1 is 1.25 bits per heavy atom. The van der Waals surface area contributed by atoms with Gasteiger partial charge in [-0.3, -0.25) is 0 Å². The van der Waals surface area contributed by atoms with Gasteiger partial charge in [0.25, 0.3) is 0 Å². The molecule has 0 unspecified atom stereocenters. The second-order valence-electron chi connectivity index (χ2n) is 2.38. The van der Waals surface area contributed by atoms with Crippen LogP contribution in [0.25, 0.3) is 0 Å². The third-order valence-electron chi connectivity index (χ3n) is 1.50. The average molecular weight is 166 g/mol. The van der Waals surface area contributed by atoms with Crippen LogP contribution >= 0.6 is 0 Å². The Morgan fingerprint density at radius 2 is 1.92 bits per heavy atom. The molecule has 1 aromatic rings. The summed E-state index contributed by atoms with van der Waals surface area (Å²) in [6.45, 7) is 2.93. The van der Waals surface area contributed by atoms with Crippen molar-refractivity contribution in [3.63, 3.8) is 0 Å². The number of anilines is 1. The number of rotatable bonds is 4. The molecule has 0 bridgehead atoms. The van der Waals surface area contributed by atoms with Gasteiger partial charge >= 0.3 is 0 Å². The normalized spacial score (nSPS) is 9.50. The van der Waals surface area contributed by atoms with Gasteiger partial charge in [-0.1, -0.05) is 6.92 Å². The van der Waals surface area contributed by atoms with Crippen LogP contribution in [-0.4, -0.2) is 13.7 Å². The number of benzene rings is 1. The average Bonchev–Trinajstić information content (AvgIpc) is 2.15. The lowest BCUT2D eigenvalue weighted by molar-refractivity contribution is 0.415. The summed E-state index contributed by atoms with van der Waals surface area (Å²) in [6, 6.07) is 7.75. The Labute approximate surface area is 72.7 Å². The van der Waals surface area contributed by atoms with Crippen LogP contribution in [0.5, 0.6) is 5.75 Å². The van der Waals surface area contributed by atoms with Crippen molar-refractivity contribution >= 4 is 5.69 Å². The number of ether oxygens (including phenoxy) is 1. The van der Waals surface area contributed by atoms with Gasteiger partial charge in [-0.05, 0) is 24.3 Å². The highest BCUT2D eigenvalue weighted by Crippen LogP contribution is 2.13. The largest absolute Gasteiger partial charge is 0.497 e. The second kappa shape index (κ2) is 4.62. The summed E-state index contributed by atoms with van der Waals surface area (Å²) in [7, 11) is 1.66. The molecule has 0 spiro atoms. The lowest BCUT2D eigenvalue weighted by Crippen LogP contribution is -2.20. The molecule has 0 amide bonds. The van der Waals surface area contributed by atoms with E-state index in [0.29, 0.717) is 0 Å². The zero-order valence-electron chi connectivity index (χ0n) is 7.42. The number of hydrogen-bond acceptors (Lipinski definition) is 3. The van der Waals surface area contributed by atoms with Gasteiger partial charge in [0.1, 0.15) is 5.75 Å². The number of hydrazine groups is 1. The maximum Gasteiger partial charge on any atom is 0.119 e. The first kappa shape index (κ1) is 8.87. The predicted octanol–water partition coefficient (Wildman–Crippen LogP) is 1.63. The van der Waals surface area contributed by atoms with E-state index in [1.54, 1.807) is 7.11 Å². The van der Waals surface area contributed by atoms with Crippen molar-refractivity contribution in [2.24, 2.45) is 0 Å². The molecule has 0 saturated carbocycles. The highest BCUT2D eigenvalue weighted by Gasteiger charge is 1.90. The van der Waals surface area contributed by atoms with Crippen LogP contribution in [0.4, 0.5) is 5.69 Å². The summed E-state index contributed by atoms with van der Waals surface area (Å²) in [5, 5.41) is 0. The molecule has 0 radical (unpaired) electrons. The van der Waals surface area contributed by atoms with E-state index < -0.39 is 0 Å². The Hall–Kier alpha value is -1.22. The predicted molar refractivity (Wildman–Crippen MR) is 50.3 cm³/mol. The minimum atomic E-state index is 0.872. The Balaban J connectivity index is 2.53. The first-order chi connectivity index (χ1) is 5.86. The van der Waals surface area contributed by atoms with Crippen molar-refractivity contribution < 1.29 is 4.74 Å². The third kappa shape index (κ3) is 2.43. The Bertz CT molecular complexity index is 220. The first-order valence-electron chi connectivity index (χ1n) is 3.99. The molecule has 66 valence electrons. The van der Waals surface area contributed by atoms with Crippen molar-refractivity contribution in [3.05, 3.63) is 24.3 Å². The van der Waals surface area contributed by atoms with Gasteiger partial charge in [0.05, 0.1) is 7.11 Å². The van der Waals surface area contributed by atoms with Crippen LogP contribution in [0, 0.1) is 0 Å². The van der Waals surface area contributed by atoms with E-state index in [0.717, 1.165) is 18.0 Å². The van der Waals surface area contributed by atoms with Gasteiger partial charge < -0.3 is 10.2 Å². The topological polar surface area (TPSA) is 33.3 Å². The summed E-state index contributed by atoms with van der Waals surface area (Å²) in [5.41, 5.74) is 7.09. The molecular formula is C9H14N2O. The van der Waals surface area contributed by atoms with E-state index in [4.69, 9.17) is 4.74 Å². The zero-order chi connectivity index (χ0) is 8.81. The van der Waals surface area contributed by atoms with Crippen molar-refractivity contribution in [1.82, 2.24) is 5.43 Å². The molecule has 1 rings (SSSR count). The molecule has 3 heteroatoms. The molecule has 0 aromatic heterocycles. The molecule has 3 nitrogen and oxygen atoms in total. The van der Waals surface area contributed by atoms with Crippen LogP contribution in [0.15, 0.2) is 24.3 Å². The van der Waals surface area contributed by atoms with E-state index in [9.17, 15) is 0 Å². The molecule has 0 aliphatic carbocycles. The molecule has 12 heavy (non-hydrogen) atoms. The van der Waals surface area contributed by atoms with Crippen LogP contribution in [0.1, 0.15) is 6.92 Å². The number of hydrogen-bond donors (Lipinski definition) is 2. The van der Waals surface area contributed by atoms with Crippen LogP contribution in [0.2, 0.25) is 0 Å². The van der Waals surface area contributed by atoms with Crippen molar-refractivity contribution in [1.29, 1.82) is 0 Å². The van der Waals surface area contributed by atoms with Crippen molar-refractivity contribution in [2.45, 2.75) is 6.92 Å². The third-order valence-corrected chi connectivity index (χ3v) is 1.50. The van der Waals surface area contributed by atoms with E-state index >= 15 is 0 Å². The van der Waals surface area contributed by atoms with E-state index in [1.165, 1.54) is 0 Å². The van der Waals surface area contributed by atoms with Gasteiger partial charge in [0.2, 0.25) is 0 Å². The summed E-state index contributed by atoms with van der Waals surface area (Å²) in [6.07, 6.45) is 0. The molecule has 0 atom stereocenters. The van der Waals surface area contributed by atoms with Gasteiger partial charge in [0, 0.05) is 12.2 Å². The van der Waals surface area contributed by atoms with E-state index in [1.807, 2.05) is 31.2 Å². The van der Waals surface area contributed by atoms with Gasteiger partial charge in [-0.15, -0.1) is 0 Å². The second-order valence-corrected chi connectivity index (χ2v) is 2.38. The maximum absolute atomic E-state index is 5.03. The monoisotopic (exact) mass is 166 g/mol. The van der Waals surface area contributed by atoms with Gasteiger partial charge in [-0.25, -0.2) is 5.43 Å². The fourth-order valence-electron chi connectivity index (χ4n) is 0.865. The smallest absolute Gasteiger partial charge is 0.119 e. The van der Waals surface area contributed by atoms with Crippen LogP contribution < -0.4 is 15.6 Å². The van der Waals surface area contributed by atoms with E-state index in [2.05, 4.69) is 10.9 Å². The quantitative estimate of drug-likeness (QED) is 0.667. The molecular weight excluding hydrogens is 152 g/mol. The highest BCUT2D eigenvalue weighted by atomic mass is 16.5. The number of methoxy groups -OCH3 is 1. The zero-order valence-corrected chi connectivity index (χ0v) is 7.42. The molecule has 2 N–H and O–H groups in total. The van der Waals surface area contributed by atoms with Gasteiger partial charge in [-0.2, -0.15) is 0 Å². The number of nitrogens with one attached hydrogen (secondary N) is 2. The highest BCUT2D eigenvalue weighted by molar-refractivity contribution is 5.45. The lowest BCUT2D eigenvalue weighted by Gasteiger charge is -2.06. The minimum absolute atomic E-state index is 0.872. The lowest BCUT2D eigenvalue weighted by atomic mass is 10.3. The summed E-state index contributed by atoms with van der Waals surface area (Å²) in [5.74, 6) is 0.872. The molecule has 0 aliphatic heterocycles. The van der Waals surface area contributed by atoms with Gasteiger partial charge in [0.15, 0.2) is 0 Å². The molecule has 1 aromatic carbocycles. The first-order valence-corrected chi connectivity index (χ1v) is 3.99. The molecule has 0 heterocycles. The van der Waals surface area contributed by atoms with E-state index in [-0.39, 0.29) is 0 Å². The molecule has 0 aliphatic rings. The summed E-state index contributed by atoms with van der Waals surface area (Å²) >= 11 is 0. The summed E-state index contributed by atoms with van der Waals surface area (Å²) < 4.78 is 5.03. The molecule has 0 saturated heterocycles. The minimum Gasteiger partial charge on any atom is -0.497 e. The molecule has 0 fully saturated rings. The standard InChI is InChI=1S/C9H14N2O/c1-3-10-11-8-4-6-9(12-2)7-5-8/h4-7,10-11H,3H2,1-2H3. The Morgan fingerprint density at radius 3 is 2.42 bits per heavy atom. The van der Waals surface area contributed by atoms with Crippen LogP contribution in [-0.2, 0) is 0 Å². The summed E-state index contributed by atoms with van der Waals surface area (Å²) in [4.78, 5) is 0. The van der Waals surface area contributed by atoms with Crippen molar-refractivity contribution in [2.75, 3.05) is 19.1 Å². The maximum atomic E-state index is 5.03. The fourth-order valence-corrected chi connectivity index (χ4v) is 0.865. The van der Waals surface area contributed by atoms with Crippen molar-refractivity contribution in [3.8, 4) is 5.75 Å². The SMILES string of the molecule is CCNNc1ccc(OC)cc1.